The molecule has 2 fully saturated rings. The predicted octanol–water partition coefficient (Wildman–Crippen LogP) is 12.5. The highest BCUT2D eigenvalue weighted by Gasteiger charge is 2.37. The Kier molecular flexibility index (Phi) is 15.3. The van der Waals surface area contributed by atoms with Crippen molar-refractivity contribution in [2.75, 3.05) is 0 Å². The highest BCUT2D eigenvalue weighted by atomic mass is 16.5. The van der Waals surface area contributed by atoms with E-state index in [1.54, 1.807) is 0 Å². The maximum Gasteiger partial charge on any atom is 0.0991 e. The van der Waals surface area contributed by atoms with E-state index in [9.17, 15) is 10.5 Å². The molecule has 2 unspecified atom stereocenters. The Morgan fingerprint density at radius 2 is 1.06 bits per heavy atom. The third kappa shape index (κ3) is 10.4. The first-order chi connectivity index (χ1) is 23.0. The molecule has 0 amide bonds. The van der Waals surface area contributed by atoms with Crippen LogP contribution in [0.2, 0.25) is 0 Å². The van der Waals surface area contributed by atoms with Crippen molar-refractivity contribution in [1.82, 2.24) is 0 Å². The number of rotatable bonds is 18. The molecule has 0 heterocycles. The number of hydrogen-bond donors (Lipinski definition) is 0. The van der Waals surface area contributed by atoms with Gasteiger partial charge in [0.1, 0.15) is 0 Å². The molecule has 0 N–H and O–H groups in total. The van der Waals surface area contributed by atoms with Gasteiger partial charge in [-0.25, -0.2) is 0 Å². The number of nitrogens with zero attached hydrogens (tertiary/aromatic N) is 2. The highest BCUT2D eigenvalue weighted by molar-refractivity contribution is 5.42. The number of hydrogen-bond acceptors (Lipinski definition) is 3. The highest BCUT2D eigenvalue weighted by Crippen LogP contribution is 2.48. The molecule has 0 aliphatic heterocycles. The monoisotopic (exact) mass is 632 g/mol. The van der Waals surface area contributed by atoms with Crippen LogP contribution in [0.25, 0.3) is 0 Å². The molecule has 0 saturated heterocycles. The zero-order valence-corrected chi connectivity index (χ0v) is 29.5. The molecule has 0 aromatic heterocycles. The molecule has 4 rings (SSSR count). The molecular formula is C44H60N2O. The molecule has 2 aliphatic carbocycles. The van der Waals surface area contributed by atoms with Crippen LogP contribution in [0, 0.1) is 46.3 Å². The molecule has 2 atom stereocenters. The van der Waals surface area contributed by atoms with E-state index in [1.807, 2.05) is 24.3 Å². The molecule has 47 heavy (non-hydrogen) atoms. The number of unbranched alkanes of at least 4 members (excludes halogenated alkanes) is 4. The molecule has 2 aliphatic rings. The molecule has 2 saturated carbocycles. The largest absolute Gasteiger partial charge is 0.365 e. The summed E-state index contributed by atoms with van der Waals surface area (Å²) in [6, 6.07) is 17.2. The SMILES string of the molecule is C=CCc1cc(C#N)ccc1C(OC(c1ccc(C#N)cc1CC=C)[C@H]1CC[C@H](CCCCC)CC1)[C@H]1CC[C@H](CCCCC)CC1. The maximum atomic E-state index is 9.77. The van der Waals surface area contributed by atoms with E-state index in [1.165, 1.54) is 125 Å². The average Bonchev–Trinajstić information content (AvgIpc) is 3.10. The van der Waals surface area contributed by atoms with Gasteiger partial charge < -0.3 is 4.74 Å². The Bertz CT molecular complexity index is 1240. The number of ether oxygens (including phenoxy) is 1. The van der Waals surface area contributed by atoms with Gasteiger partial charge in [0, 0.05) is 0 Å². The Hall–Kier alpha value is -3.14. The maximum absolute atomic E-state index is 9.77. The van der Waals surface area contributed by atoms with Gasteiger partial charge in [-0.15, -0.1) is 13.2 Å². The van der Waals surface area contributed by atoms with E-state index in [0.717, 1.165) is 24.7 Å². The fraction of sp³-hybridized carbons (Fsp3) is 0.591. The van der Waals surface area contributed by atoms with Gasteiger partial charge in [0.2, 0.25) is 0 Å². The van der Waals surface area contributed by atoms with E-state index in [-0.39, 0.29) is 12.2 Å². The summed E-state index contributed by atoms with van der Waals surface area (Å²) in [4.78, 5) is 0. The summed E-state index contributed by atoms with van der Waals surface area (Å²) in [5.41, 5.74) is 6.19. The molecule has 0 spiro atoms. The summed E-state index contributed by atoms with van der Waals surface area (Å²) in [6.07, 6.45) is 25.7. The van der Waals surface area contributed by atoms with Crippen LogP contribution in [-0.4, -0.2) is 0 Å². The Balaban J connectivity index is 1.71. The summed E-state index contributed by atoms with van der Waals surface area (Å²) >= 11 is 0. The van der Waals surface area contributed by atoms with Crippen molar-refractivity contribution in [2.24, 2.45) is 23.7 Å². The Morgan fingerprint density at radius 1 is 0.660 bits per heavy atom. The van der Waals surface area contributed by atoms with Crippen LogP contribution in [0.1, 0.15) is 162 Å². The van der Waals surface area contributed by atoms with Gasteiger partial charge >= 0.3 is 0 Å². The standard InChI is InChI=1S/C44H60N2O/c1-5-9-11-15-33-17-23-37(24-18-33)43(41-27-21-35(31-45)29-39(41)13-7-3)47-44(38-25-19-34(20-26-38)16-12-10-6-2)42-28-22-36(32-46)30-40(42)14-8-4/h7-8,21-22,27-30,33-34,37-38,43-44H,3-6,9-20,23-26H2,1-2H3/t33-,34-,37-,38-,43?,44?. The van der Waals surface area contributed by atoms with Crippen molar-refractivity contribution in [3.63, 3.8) is 0 Å². The van der Waals surface area contributed by atoms with E-state index in [2.05, 4.69) is 63.4 Å². The number of allylic oxidation sites excluding steroid dienone is 2. The zero-order valence-electron chi connectivity index (χ0n) is 29.5. The predicted molar refractivity (Wildman–Crippen MR) is 196 cm³/mol. The lowest BCUT2D eigenvalue weighted by Crippen LogP contribution is -2.29. The Morgan fingerprint density at radius 3 is 1.40 bits per heavy atom. The zero-order chi connectivity index (χ0) is 33.4. The van der Waals surface area contributed by atoms with Crippen molar-refractivity contribution in [3.05, 3.63) is 95.1 Å². The van der Waals surface area contributed by atoms with Crippen LogP contribution in [0.3, 0.4) is 0 Å². The first kappa shape index (κ1) is 36.7. The van der Waals surface area contributed by atoms with Gasteiger partial charge in [0.25, 0.3) is 0 Å². The molecule has 0 bridgehead atoms. The number of benzene rings is 2. The van der Waals surface area contributed by atoms with Crippen molar-refractivity contribution in [3.8, 4) is 12.1 Å². The lowest BCUT2D eigenvalue weighted by Gasteiger charge is -2.41. The van der Waals surface area contributed by atoms with Crippen LogP contribution in [-0.2, 0) is 17.6 Å². The molecule has 2 aromatic carbocycles. The minimum absolute atomic E-state index is 0.0474. The molecule has 3 heteroatoms. The van der Waals surface area contributed by atoms with Crippen LogP contribution >= 0.6 is 0 Å². The smallest absolute Gasteiger partial charge is 0.0991 e. The second-order valence-electron chi connectivity index (χ2n) is 14.6. The summed E-state index contributed by atoms with van der Waals surface area (Å²) in [5.74, 6) is 2.51. The van der Waals surface area contributed by atoms with Crippen molar-refractivity contribution < 1.29 is 4.74 Å². The van der Waals surface area contributed by atoms with Crippen LogP contribution in [0.15, 0.2) is 61.7 Å². The van der Waals surface area contributed by atoms with E-state index < -0.39 is 0 Å². The average molecular weight is 633 g/mol. The second kappa shape index (κ2) is 19.6. The lowest BCUT2D eigenvalue weighted by molar-refractivity contribution is -0.0913. The fourth-order valence-corrected chi connectivity index (χ4v) is 8.53. The summed E-state index contributed by atoms with van der Waals surface area (Å²) < 4.78 is 7.66. The molecule has 2 aromatic rings. The van der Waals surface area contributed by atoms with Crippen LogP contribution < -0.4 is 0 Å². The van der Waals surface area contributed by atoms with Gasteiger partial charge in [-0.1, -0.05) is 115 Å². The third-order valence-electron chi connectivity index (χ3n) is 11.2. The topological polar surface area (TPSA) is 56.8 Å². The fourth-order valence-electron chi connectivity index (χ4n) is 8.53. The van der Waals surface area contributed by atoms with Crippen molar-refractivity contribution >= 4 is 0 Å². The van der Waals surface area contributed by atoms with Gasteiger partial charge in [-0.3, -0.25) is 0 Å². The van der Waals surface area contributed by atoms with E-state index >= 15 is 0 Å². The normalized spacial score (nSPS) is 22.5. The van der Waals surface area contributed by atoms with Crippen molar-refractivity contribution in [2.45, 2.75) is 142 Å². The van der Waals surface area contributed by atoms with E-state index in [4.69, 9.17) is 4.74 Å². The first-order valence-electron chi connectivity index (χ1n) is 19.0. The quantitative estimate of drug-likeness (QED) is 0.121. The summed E-state index contributed by atoms with van der Waals surface area (Å²) in [5, 5.41) is 19.5. The minimum Gasteiger partial charge on any atom is -0.365 e. The van der Waals surface area contributed by atoms with Gasteiger partial charge in [-0.05, 0) is 109 Å². The summed E-state index contributed by atoms with van der Waals surface area (Å²) in [6.45, 7) is 12.7. The molecule has 3 nitrogen and oxygen atoms in total. The second-order valence-corrected chi connectivity index (χ2v) is 14.6. The van der Waals surface area contributed by atoms with Crippen molar-refractivity contribution in [1.29, 1.82) is 10.5 Å². The molecule has 0 radical (unpaired) electrons. The van der Waals surface area contributed by atoms with Gasteiger partial charge in [0.15, 0.2) is 0 Å². The molecular weight excluding hydrogens is 572 g/mol. The number of nitriles is 2. The van der Waals surface area contributed by atoms with E-state index in [0.29, 0.717) is 23.0 Å². The summed E-state index contributed by atoms with van der Waals surface area (Å²) in [7, 11) is 0. The Labute approximate surface area is 287 Å². The van der Waals surface area contributed by atoms with Crippen LogP contribution in [0.5, 0.6) is 0 Å². The van der Waals surface area contributed by atoms with Gasteiger partial charge in [-0.2, -0.15) is 10.5 Å². The molecule has 252 valence electrons. The minimum atomic E-state index is -0.0474. The lowest BCUT2D eigenvalue weighted by atomic mass is 9.74. The van der Waals surface area contributed by atoms with Crippen LogP contribution in [0.4, 0.5) is 0 Å². The van der Waals surface area contributed by atoms with Gasteiger partial charge in [0.05, 0.1) is 35.5 Å². The third-order valence-corrected chi connectivity index (χ3v) is 11.2. The first-order valence-corrected chi connectivity index (χ1v) is 19.0.